The number of aliphatic hydroxyl groups excluding tert-OH is 1. The molecular formula is C23H14Cl2FNO3. The van der Waals surface area contributed by atoms with Crippen molar-refractivity contribution >= 4 is 46.3 Å². The van der Waals surface area contributed by atoms with Gasteiger partial charge in [0.2, 0.25) is 0 Å². The van der Waals surface area contributed by atoms with Crippen LogP contribution in [0.4, 0.5) is 10.1 Å². The van der Waals surface area contributed by atoms with E-state index >= 15 is 0 Å². The predicted molar refractivity (Wildman–Crippen MR) is 114 cm³/mol. The minimum Gasteiger partial charge on any atom is -0.507 e. The van der Waals surface area contributed by atoms with Crippen LogP contribution in [0, 0.1) is 5.82 Å². The molecule has 1 N–H and O–H groups in total. The largest absolute Gasteiger partial charge is 0.507 e. The van der Waals surface area contributed by atoms with Crippen LogP contribution in [0.2, 0.25) is 10.0 Å². The molecule has 1 amide bonds. The molecule has 1 fully saturated rings. The molecule has 7 heteroatoms. The van der Waals surface area contributed by atoms with Gasteiger partial charge in [0, 0.05) is 21.3 Å². The number of carbonyl (C=O) groups excluding carboxylic acids is 2. The van der Waals surface area contributed by atoms with Crippen LogP contribution in [0.3, 0.4) is 0 Å². The van der Waals surface area contributed by atoms with Gasteiger partial charge in [-0.1, -0.05) is 41.4 Å². The predicted octanol–water partition coefficient (Wildman–Crippen LogP) is 5.76. The Morgan fingerprint density at radius 2 is 1.53 bits per heavy atom. The molecule has 0 aromatic heterocycles. The third-order valence-corrected chi connectivity index (χ3v) is 5.46. The first-order valence-electron chi connectivity index (χ1n) is 8.95. The molecule has 3 aromatic rings. The van der Waals surface area contributed by atoms with Crippen molar-refractivity contribution in [1.82, 2.24) is 0 Å². The average Bonchev–Trinajstić information content (AvgIpc) is 3.00. The Hall–Kier alpha value is -3.15. The highest BCUT2D eigenvalue weighted by molar-refractivity contribution is 6.52. The molecule has 1 aliphatic rings. The summed E-state index contributed by atoms with van der Waals surface area (Å²) in [5.41, 5.74) is 0.977. The van der Waals surface area contributed by atoms with E-state index in [2.05, 4.69) is 0 Å². The molecule has 4 nitrogen and oxygen atoms in total. The molecule has 0 unspecified atom stereocenters. The molecular weight excluding hydrogens is 428 g/mol. The van der Waals surface area contributed by atoms with Gasteiger partial charge in [-0.3, -0.25) is 14.5 Å². The Balaban J connectivity index is 1.96. The normalized spacial score (nSPS) is 18.1. The fourth-order valence-corrected chi connectivity index (χ4v) is 3.82. The highest BCUT2D eigenvalue weighted by Gasteiger charge is 2.47. The molecule has 0 saturated carbocycles. The standard InChI is InChI=1S/C23H14Cl2FNO3/c24-14-7-5-13(6-8-14)21(28)19-20(17-3-1-2-4-18(17)25)27(23(30)22(19)29)16-11-9-15(26)10-12-16/h1-12,20,28H/t20-/m1/s1. The van der Waals surface area contributed by atoms with E-state index in [0.29, 0.717) is 26.9 Å². The van der Waals surface area contributed by atoms with E-state index in [9.17, 15) is 19.1 Å². The fourth-order valence-electron chi connectivity index (χ4n) is 3.45. The molecule has 0 spiro atoms. The zero-order valence-corrected chi connectivity index (χ0v) is 16.9. The summed E-state index contributed by atoms with van der Waals surface area (Å²) in [6.45, 7) is 0. The van der Waals surface area contributed by atoms with Gasteiger partial charge < -0.3 is 5.11 Å². The van der Waals surface area contributed by atoms with Gasteiger partial charge in [-0.25, -0.2) is 4.39 Å². The lowest BCUT2D eigenvalue weighted by Crippen LogP contribution is -2.29. The van der Waals surface area contributed by atoms with Gasteiger partial charge in [0.1, 0.15) is 11.6 Å². The first-order valence-corrected chi connectivity index (χ1v) is 9.71. The first-order chi connectivity index (χ1) is 14.4. The number of benzene rings is 3. The van der Waals surface area contributed by atoms with Gasteiger partial charge >= 0.3 is 0 Å². The van der Waals surface area contributed by atoms with Crippen molar-refractivity contribution in [3.8, 4) is 0 Å². The van der Waals surface area contributed by atoms with E-state index < -0.39 is 23.5 Å². The summed E-state index contributed by atoms with van der Waals surface area (Å²) in [5, 5.41) is 11.7. The van der Waals surface area contributed by atoms with Crippen molar-refractivity contribution in [1.29, 1.82) is 0 Å². The van der Waals surface area contributed by atoms with Crippen LogP contribution in [0.15, 0.2) is 78.4 Å². The SMILES string of the molecule is O=C1C(=O)N(c2ccc(F)cc2)[C@H](c2ccccc2Cl)C1=C(O)c1ccc(Cl)cc1. The van der Waals surface area contributed by atoms with Crippen LogP contribution in [-0.2, 0) is 9.59 Å². The van der Waals surface area contributed by atoms with Gasteiger partial charge in [-0.15, -0.1) is 0 Å². The van der Waals surface area contributed by atoms with Crippen molar-refractivity contribution in [2.75, 3.05) is 4.90 Å². The zero-order valence-electron chi connectivity index (χ0n) is 15.4. The maximum absolute atomic E-state index is 13.4. The second kappa shape index (κ2) is 7.94. The van der Waals surface area contributed by atoms with Gasteiger partial charge in [0.15, 0.2) is 0 Å². The van der Waals surface area contributed by atoms with E-state index in [1.807, 2.05) is 0 Å². The third-order valence-electron chi connectivity index (χ3n) is 4.87. The van der Waals surface area contributed by atoms with Crippen LogP contribution in [-0.4, -0.2) is 16.8 Å². The van der Waals surface area contributed by atoms with Crippen molar-refractivity contribution in [3.05, 3.63) is 105 Å². The van der Waals surface area contributed by atoms with Gasteiger partial charge in [-0.05, 0) is 60.2 Å². The first kappa shape index (κ1) is 20.1. The summed E-state index contributed by atoms with van der Waals surface area (Å²) in [7, 11) is 0. The number of amides is 1. The zero-order chi connectivity index (χ0) is 21.4. The average molecular weight is 442 g/mol. The molecule has 0 radical (unpaired) electrons. The summed E-state index contributed by atoms with van der Waals surface area (Å²) >= 11 is 12.3. The molecule has 1 aliphatic heterocycles. The topological polar surface area (TPSA) is 57.6 Å². The summed E-state index contributed by atoms with van der Waals surface area (Å²) in [5.74, 6) is -2.54. The molecule has 1 saturated heterocycles. The van der Waals surface area contributed by atoms with Gasteiger partial charge in [-0.2, -0.15) is 0 Å². The molecule has 30 heavy (non-hydrogen) atoms. The summed E-state index contributed by atoms with van der Waals surface area (Å²) in [4.78, 5) is 27.2. The molecule has 3 aromatic carbocycles. The monoisotopic (exact) mass is 441 g/mol. The lowest BCUT2D eigenvalue weighted by atomic mass is 9.95. The van der Waals surface area contributed by atoms with Crippen LogP contribution < -0.4 is 4.90 Å². The number of hydrogen-bond acceptors (Lipinski definition) is 3. The Morgan fingerprint density at radius 3 is 2.17 bits per heavy atom. The summed E-state index contributed by atoms with van der Waals surface area (Å²) in [6, 6.07) is 17.2. The lowest BCUT2D eigenvalue weighted by molar-refractivity contribution is -0.132. The van der Waals surface area contributed by atoms with Crippen molar-refractivity contribution in [3.63, 3.8) is 0 Å². The second-order valence-electron chi connectivity index (χ2n) is 6.67. The van der Waals surface area contributed by atoms with Crippen LogP contribution in [0.5, 0.6) is 0 Å². The molecule has 0 aliphatic carbocycles. The van der Waals surface area contributed by atoms with E-state index in [4.69, 9.17) is 23.2 Å². The molecule has 150 valence electrons. The van der Waals surface area contributed by atoms with Crippen molar-refractivity contribution in [2.45, 2.75) is 6.04 Å². The molecule has 4 rings (SSSR count). The van der Waals surface area contributed by atoms with Crippen molar-refractivity contribution < 1.29 is 19.1 Å². The number of carbonyl (C=O) groups is 2. The van der Waals surface area contributed by atoms with E-state index in [1.165, 1.54) is 29.2 Å². The molecule has 0 bridgehead atoms. The number of aliphatic hydroxyl groups is 1. The third kappa shape index (κ3) is 3.47. The van der Waals surface area contributed by atoms with E-state index in [1.54, 1.807) is 48.5 Å². The van der Waals surface area contributed by atoms with Crippen LogP contribution in [0.25, 0.3) is 5.76 Å². The highest BCUT2D eigenvalue weighted by Crippen LogP contribution is 2.44. The number of ketones is 1. The number of anilines is 1. The fraction of sp³-hybridized carbons (Fsp3) is 0.0435. The maximum atomic E-state index is 13.4. The molecule has 1 atom stereocenters. The lowest BCUT2D eigenvalue weighted by Gasteiger charge is -2.26. The molecule has 1 heterocycles. The second-order valence-corrected chi connectivity index (χ2v) is 7.52. The number of hydrogen-bond donors (Lipinski definition) is 1. The Morgan fingerprint density at radius 1 is 0.900 bits per heavy atom. The van der Waals surface area contributed by atoms with E-state index in [0.717, 1.165) is 0 Å². The van der Waals surface area contributed by atoms with Gasteiger partial charge in [0.25, 0.3) is 11.7 Å². The van der Waals surface area contributed by atoms with Crippen molar-refractivity contribution in [2.24, 2.45) is 0 Å². The van der Waals surface area contributed by atoms with Crippen LogP contribution in [0.1, 0.15) is 17.2 Å². The minimum atomic E-state index is -0.986. The number of rotatable bonds is 3. The van der Waals surface area contributed by atoms with E-state index in [-0.39, 0.29) is 11.3 Å². The number of Topliss-reactive ketones (excluding diaryl/α,β-unsaturated/α-hetero) is 1. The Labute approximate surface area is 181 Å². The maximum Gasteiger partial charge on any atom is 0.300 e. The summed E-state index contributed by atoms with van der Waals surface area (Å²) < 4.78 is 13.4. The number of halogens is 3. The Kier molecular flexibility index (Phi) is 5.33. The van der Waals surface area contributed by atoms with Gasteiger partial charge in [0.05, 0.1) is 11.6 Å². The van der Waals surface area contributed by atoms with Crippen LogP contribution >= 0.6 is 23.2 Å². The summed E-state index contributed by atoms with van der Waals surface area (Å²) in [6.07, 6.45) is 0. The quantitative estimate of drug-likeness (QED) is 0.319. The highest BCUT2D eigenvalue weighted by atomic mass is 35.5. The minimum absolute atomic E-state index is 0.111. The number of nitrogens with zero attached hydrogens (tertiary/aromatic N) is 1. The Bertz CT molecular complexity index is 1170. The smallest absolute Gasteiger partial charge is 0.300 e.